The number of aliphatic hydroxyl groups is 1. The van der Waals surface area contributed by atoms with E-state index in [9.17, 15) is 0 Å². The highest BCUT2D eigenvalue weighted by molar-refractivity contribution is 6.31. The van der Waals surface area contributed by atoms with Gasteiger partial charge in [-0.2, -0.15) is 0 Å². The molecule has 1 aliphatic rings. The second kappa shape index (κ2) is 4.64. The maximum atomic E-state index is 9.15. The van der Waals surface area contributed by atoms with E-state index in [-0.39, 0.29) is 12.5 Å². The molecule has 1 aliphatic carbocycles. The fourth-order valence-electron chi connectivity index (χ4n) is 1.94. The van der Waals surface area contributed by atoms with Crippen LogP contribution in [-0.2, 0) is 0 Å². The first-order chi connectivity index (χ1) is 7.67. The predicted octanol–water partition coefficient (Wildman–Crippen LogP) is 3.32. The number of hydrogen-bond acceptors (Lipinski definition) is 2. The third-order valence-electron chi connectivity index (χ3n) is 3.16. The lowest BCUT2D eigenvalue weighted by atomic mass is 9.98. The Labute approximate surface area is 101 Å². The van der Waals surface area contributed by atoms with E-state index < -0.39 is 0 Å². The van der Waals surface area contributed by atoms with Gasteiger partial charge in [-0.15, -0.1) is 0 Å². The van der Waals surface area contributed by atoms with E-state index in [0.717, 1.165) is 21.9 Å². The topological polar surface area (TPSA) is 29.5 Å². The molecule has 2 rings (SSSR count). The van der Waals surface area contributed by atoms with Crippen molar-refractivity contribution in [3.8, 4) is 5.75 Å². The van der Waals surface area contributed by atoms with Crippen LogP contribution in [0.4, 0.5) is 0 Å². The molecule has 1 unspecified atom stereocenters. The molecule has 0 aromatic heterocycles. The van der Waals surface area contributed by atoms with Gasteiger partial charge in [-0.05, 0) is 36.5 Å². The summed E-state index contributed by atoms with van der Waals surface area (Å²) in [6.07, 6.45) is 2.40. The first-order valence-electron chi connectivity index (χ1n) is 5.65. The molecule has 0 spiro atoms. The van der Waals surface area contributed by atoms with Gasteiger partial charge in [-0.3, -0.25) is 0 Å². The zero-order valence-electron chi connectivity index (χ0n) is 9.66. The quantitative estimate of drug-likeness (QED) is 0.875. The summed E-state index contributed by atoms with van der Waals surface area (Å²) in [6, 6.07) is 3.96. The van der Waals surface area contributed by atoms with E-state index >= 15 is 0 Å². The number of rotatable bonds is 4. The van der Waals surface area contributed by atoms with E-state index in [1.807, 2.05) is 19.1 Å². The summed E-state index contributed by atoms with van der Waals surface area (Å²) in [7, 11) is 1.67. The van der Waals surface area contributed by atoms with Gasteiger partial charge in [0, 0.05) is 23.1 Å². The largest absolute Gasteiger partial charge is 0.496 e. The standard InChI is InChI=1S/C13H17ClO2/c1-8(7-15)10-5-11(14)13(9-3-4-9)12(6-10)16-2/h5-6,8-9,15H,3-4,7H2,1-2H3. The van der Waals surface area contributed by atoms with E-state index in [2.05, 4.69) is 0 Å². The number of ether oxygens (including phenoxy) is 1. The summed E-state index contributed by atoms with van der Waals surface area (Å²) in [5.74, 6) is 1.53. The molecule has 0 radical (unpaired) electrons. The monoisotopic (exact) mass is 240 g/mol. The molecule has 0 saturated heterocycles. The van der Waals surface area contributed by atoms with E-state index in [4.69, 9.17) is 21.4 Å². The van der Waals surface area contributed by atoms with Crippen molar-refractivity contribution in [3.63, 3.8) is 0 Å². The molecular weight excluding hydrogens is 224 g/mol. The number of hydrogen-bond donors (Lipinski definition) is 1. The molecule has 16 heavy (non-hydrogen) atoms. The molecule has 2 nitrogen and oxygen atoms in total. The summed E-state index contributed by atoms with van der Waals surface area (Å²) in [5.41, 5.74) is 2.17. The number of methoxy groups -OCH3 is 1. The average molecular weight is 241 g/mol. The van der Waals surface area contributed by atoms with Crippen LogP contribution >= 0.6 is 11.6 Å². The molecule has 3 heteroatoms. The number of aliphatic hydroxyl groups excluding tert-OH is 1. The highest BCUT2D eigenvalue weighted by Gasteiger charge is 2.29. The molecule has 88 valence electrons. The fourth-order valence-corrected chi connectivity index (χ4v) is 2.31. The van der Waals surface area contributed by atoms with Crippen LogP contribution in [0.1, 0.15) is 42.7 Å². The lowest BCUT2D eigenvalue weighted by Gasteiger charge is -2.15. The summed E-state index contributed by atoms with van der Waals surface area (Å²) in [6.45, 7) is 2.10. The van der Waals surface area contributed by atoms with Crippen molar-refractivity contribution >= 4 is 11.6 Å². The van der Waals surface area contributed by atoms with Crippen LogP contribution in [0.2, 0.25) is 5.02 Å². The van der Waals surface area contributed by atoms with Crippen LogP contribution < -0.4 is 4.74 Å². The Morgan fingerprint density at radius 3 is 2.69 bits per heavy atom. The Balaban J connectivity index is 2.41. The molecule has 1 fully saturated rings. The van der Waals surface area contributed by atoms with Gasteiger partial charge in [-0.1, -0.05) is 18.5 Å². The minimum Gasteiger partial charge on any atom is -0.496 e. The molecule has 0 amide bonds. The van der Waals surface area contributed by atoms with Gasteiger partial charge < -0.3 is 9.84 Å². The Hall–Kier alpha value is -0.730. The molecule has 1 aromatic carbocycles. The van der Waals surface area contributed by atoms with Crippen LogP contribution in [-0.4, -0.2) is 18.8 Å². The fraction of sp³-hybridized carbons (Fsp3) is 0.538. The summed E-state index contributed by atoms with van der Waals surface area (Å²) >= 11 is 6.29. The Morgan fingerprint density at radius 1 is 1.50 bits per heavy atom. The summed E-state index contributed by atoms with van der Waals surface area (Å²) in [4.78, 5) is 0. The normalized spacial score (nSPS) is 17.2. The van der Waals surface area contributed by atoms with Crippen LogP contribution in [0.3, 0.4) is 0 Å². The van der Waals surface area contributed by atoms with E-state index in [0.29, 0.717) is 5.92 Å². The van der Waals surface area contributed by atoms with Gasteiger partial charge in [0.15, 0.2) is 0 Å². The first kappa shape index (κ1) is 11.7. The molecule has 0 aliphatic heterocycles. The molecule has 1 aromatic rings. The molecule has 1 N–H and O–H groups in total. The lowest BCUT2D eigenvalue weighted by molar-refractivity contribution is 0.273. The van der Waals surface area contributed by atoms with Crippen LogP contribution in [0.25, 0.3) is 0 Å². The van der Waals surface area contributed by atoms with Crippen LogP contribution in [0, 0.1) is 0 Å². The smallest absolute Gasteiger partial charge is 0.124 e. The first-order valence-corrected chi connectivity index (χ1v) is 6.03. The minimum absolute atomic E-state index is 0.0969. The van der Waals surface area contributed by atoms with E-state index in [1.54, 1.807) is 7.11 Å². The van der Waals surface area contributed by atoms with Crippen molar-refractivity contribution in [3.05, 3.63) is 28.3 Å². The zero-order chi connectivity index (χ0) is 11.7. The molecule has 1 saturated carbocycles. The molecule has 0 heterocycles. The maximum Gasteiger partial charge on any atom is 0.124 e. The van der Waals surface area contributed by atoms with Crippen LogP contribution in [0.15, 0.2) is 12.1 Å². The predicted molar refractivity (Wildman–Crippen MR) is 65.5 cm³/mol. The van der Waals surface area contributed by atoms with Gasteiger partial charge in [0.1, 0.15) is 5.75 Å². The molecular formula is C13H17ClO2. The lowest BCUT2D eigenvalue weighted by Crippen LogP contribution is -2.01. The van der Waals surface area contributed by atoms with Crippen molar-refractivity contribution in [1.82, 2.24) is 0 Å². The van der Waals surface area contributed by atoms with Gasteiger partial charge in [0.25, 0.3) is 0 Å². The van der Waals surface area contributed by atoms with Crippen molar-refractivity contribution in [2.75, 3.05) is 13.7 Å². The van der Waals surface area contributed by atoms with Gasteiger partial charge in [0.05, 0.1) is 7.11 Å². The summed E-state index contributed by atoms with van der Waals surface area (Å²) in [5, 5.41) is 9.92. The van der Waals surface area contributed by atoms with Crippen molar-refractivity contribution in [2.24, 2.45) is 0 Å². The van der Waals surface area contributed by atoms with Gasteiger partial charge >= 0.3 is 0 Å². The Bertz CT molecular complexity index is 386. The Morgan fingerprint density at radius 2 is 2.19 bits per heavy atom. The number of benzene rings is 1. The van der Waals surface area contributed by atoms with Crippen molar-refractivity contribution in [2.45, 2.75) is 31.6 Å². The molecule has 0 bridgehead atoms. The van der Waals surface area contributed by atoms with Crippen molar-refractivity contribution < 1.29 is 9.84 Å². The SMILES string of the molecule is COc1cc(C(C)CO)cc(Cl)c1C1CC1. The maximum absolute atomic E-state index is 9.15. The highest BCUT2D eigenvalue weighted by Crippen LogP contribution is 2.48. The third kappa shape index (κ3) is 2.18. The van der Waals surface area contributed by atoms with Crippen molar-refractivity contribution in [1.29, 1.82) is 0 Å². The minimum atomic E-state index is 0.0969. The van der Waals surface area contributed by atoms with Gasteiger partial charge in [0.2, 0.25) is 0 Å². The highest BCUT2D eigenvalue weighted by atomic mass is 35.5. The molecule has 1 atom stereocenters. The third-order valence-corrected chi connectivity index (χ3v) is 3.48. The zero-order valence-corrected chi connectivity index (χ0v) is 10.4. The number of halogens is 1. The second-order valence-corrected chi connectivity index (χ2v) is 4.88. The summed E-state index contributed by atoms with van der Waals surface area (Å²) < 4.78 is 5.40. The Kier molecular flexibility index (Phi) is 3.41. The second-order valence-electron chi connectivity index (χ2n) is 4.48. The van der Waals surface area contributed by atoms with Crippen LogP contribution in [0.5, 0.6) is 5.75 Å². The van der Waals surface area contributed by atoms with E-state index in [1.165, 1.54) is 12.8 Å². The van der Waals surface area contributed by atoms with Gasteiger partial charge in [-0.25, -0.2) is 0 Å². The average Bonchev–Trinajstić information content (AvgIpc) is 3.10.